The molecule has 0 saturated heterocycles. The Morgan fingerprint density at radius 3 is 2.25 bits per heavy atom. The van der Waals surface area contributed by atoms with Gasteiger partial charge in [0, 0.05) is 41.6 Å². The molecule has 0 fully saturated rings. The third kappa shape index (κ3) is 5.03. The van der Waals surface area contributed by atoms with Crippen LogP contribution < -0.4 is 10.6 Å². The minimum atomic E-state index is -0.181. The highest BCUT2D eigenvalue weighted by Crippen LogP contribution is 2.31. The van der Waals surface area contributed by atoms with Crippen molar-refractivity contribution >= 4 is 28.1 Å². The number of carbonyl (C=O) groups is 1. The van der Waals surface area contributed by atoms with E-state index in [9.17, 15) is 4.79 Å². The SMILES string of the molecule is CNc1ccc(CCc2cc(C)c(-c3csc(NC(=O)c4ccncc4)n3)c(C)c2)cc1. The number of aryl methyl sites for hydroxylation is 4. The second-order valence-corrected chi connectivity index (χ2v) is 8.64. The summed E-state index contributed by atoms with van der Waals surface area (Å²) in [6, 6.07) is 16.5. The van der Waals surface area contributed by atoms with Gasteiger partial charge in [0.15, 0.2) is 5.13 Å². The zero-order chi connectivity index (χ0) is 22.5. The summed E-state index contributed by atoms with van der Waals surface area (Å²) in [5.41, 5.74) is 8.77. The van der Waals surface area contributed by atoms with Crippen LogP contribution in [-0.4, -0.2) is 22.9 Å². The van der Waals surface area contributed by atoms with Crippen LogP contribution in [0.4, 0.5) is 10.8 Å². The fourth-order valence-electron chi connectivity index (χ4n) is 3.85. The summed E-state index contributed by atoms with van der Waals surface area (Å²) in [6.45, 7) is 4.25. The maximum atomic E-state index is 12.4. The lowest BCUT2D eigenvalue weighted by Crippen LogP contribution is -2.11. The van der Waals surface area contributed by atoms with E-state index in [1.165, 1.54) is 33.6 Å². The molecular weight excluding hydrogens is 416 g/mol. The van der Waals surface area contributed by atoms with Gasteiger partial charge in [0.25, 0.3) is 5.91 Å². The van der Waals surface area contributed by atoms with Crippen molar-refractivity contribution in [3.63, 3.8) is 0 Å². The molecule has 0 radical (unpaired) electrons. The summed E-state index contributed by atoms with van der Waals surface area (Å²) in [6.07, 6.45) is 5.21. The highest BCUT2D eigenvalue weighted by Gasteiger charge is 2.14. The highest BCUT2D eigenvalue weighted by atomic mass is 32.1. The van der Waals surface area contributed by atoms with Gasteiger partial charge >= 0.3 is 0 Å². The summed E-state index contributed by atoms with van der Waals surface area (Å²) in [5.74, 6) is -0.181. The van der Waals surface area contributed by atoms with Gasteiger partial charge in [-0.2, -0.15) is 0 Å². The number of aromatic nitrogens is 2. The van der Waals surface area contributed by atoms with E-state index in [2.05, 4.69) is 70.8 Å². The Kier molecular flexibility index (Phi) is 6.61. The fourth-order valence-corrected chi connectivity index (χ4v) is 4.54. The Bertz CT molecular complexity index is 1190. The summed E-state index contributed by atoms with van der Waals surface area (Å²) >= 11 is 1.44. The lowest BCUT2D eigenvalue weighted by atomic mass is 9.94. The third-order valence-corrected chi connectivity index (χ3v) is 6.22. The molecule has 0 aliphatic heterocycles. The van der Waals surface area contributed by atoms with E-state index < -0.39 is 0 Å². The number of hydrogen-bond donors (Lipinski definition) is 2. The van der Waals surface area contributed by atoms with Crippen LogP contribution in [0, 0.1) is 13.8 Å². The van der Waals surface area contributed by atoms with E-state index in [0.29, 0.717) is 10.7 Å². The van der Waals surface area contributed by atoms with Crippen LogP contribution in [0.25, 0.3) is 11.3 Å². The van der Waals surface area contributed by atoms with Gasteiger partial charge in [-0.3, -0.25) is 15.1 Å². The molecule has 5 nitrogen and oxygen atoms in total. The van der Waals surface area contributed by atoms with Crippen LogP contribution in [0.3, 0.4) is 0 Å². The molecule has 4 aromatic rings. The van der Waals surface area contributed by atoms with Gasteiger partial charge in [-0.25, -0.2) is 4.98 Å². The van der Waals surface area contributed by atoms with Crippen molar-refractivity contribution in [2.45, 2.75) is 26.7 Å². The maximum Gasteiger partial charge on any atom is 0.257 e. The van der Waals surface area contributed by atoms with Crippen molar-refractivity contribution in [2.75, 3.05) is 17.7 Å². The van der Waals surface area contributed by atoms with E-state index in [-0.39, 0.29) is 5.91 Å². The van der Waals surface area contributed by atoms with Crippen LogP contribution in [0.15, 0.2) is 66.3 Å². The summed E-state index contributed by atoms with van der Waals surface area (Å²) in [5, 5.41) is 8.63. The molecule has 0 atom stereocenters. The Labute approximate surface area is 192 Å². The zero-order valence-electron chi connectivity index (χ0n) is 18.5. The molecule has 1 amide bonds. The number of nitrogens with zero attached hydrogens (tertiary/aromatic N) is 2. The minimum Gasteiger partial charge on any atom is -0.388 e. The molecule has 0 aliphatic rings. The van der Waals surface area contributed by atoms with Crippen molar-refractivity contribution in [1.82, 2.24) is 9.97 Å². The van der Waals surface area contributed by atoms with Gasteiger partial charge in [-0.1, -0.05) is 24.3 Å². The Morgan fingerprint density at radius 1 is 0.938 bits per heavy atom. The molecule has 0 saturated carbocycles. The van der Waals surface area contributed by atoms with Crippen molar-refractivity contribution in [3.8, 4) is 11.3 Å². The Balaban J connectivity index is 1.46. The van der Waals surface area contributed by atoms with Crippen molar-refractivity contribution in [2.24, 2.45) is 0 Å². The fraction of sp³-hybridized carbons (Fsp3) is 0.192. The standard InChI is InChI=1S/C26H26N4OS/c1-17-14-20(5-4-19-6-8-22(27-3)9-7-19)15-18(2)24(17)23-16-32-26(29-23)30-25(31)21-10-12-28-13-11-21/h6-16,27H,4-5H2,1-3H3,(H,29,30,31). The second kappa shape index (κ2) is 9.75. The minimum absolute atomic E-state index is 0.181. The first kappa shape index (κ1) is 21.7. The first-order valence-corrected chi connectivity index (χ1v) is 11.5. The van der Waals surface area contributed by atoms with Crippen LogP contribution in [0.1, 0.15) is 32.6 Å². The average Bonchev–Trinajstić information content (AvgIpc) is 3.26. The monoisotopic (exact) mass is 442 g/mol. The zero-order valence-corrected chi connectivity index (χ0v) is 19.3. The number of rotatable bonds is 7. The third-order valence-electron chi connectivity index (χ3n) is 5.46. The number of nitrogens with one attached hydrogen (secondary N) is 2. The Morgan fingerprint density at radius 2 is 1.59 bits per heavy atom. The Hall–Kier alpha value is -3.51. The van der Waals surface area contributed by atoms with Gasteiger partial charge in [-0.15, -0.1) is 11.3 Å². The second-order valence-electron chi connectivity index (χ2n) is 7.78. The van der Waals surface area contributed by atoms with Crippen LogP contribution in [0.5, 0.6) is 0 Å². The maximum absolute atomic E-state index is 12.4. The molecule has 0 spiro atoms. The molecule has 162 valence electrons. The molecule has 0 bridgehead atoms. The number of thiazole rings is 1. The van der Waals surface area contributed by atoms with E-state index in [0.717, 1.165) is 29.8 Å². The smallest absolute Gasteiger partial charge is 0.257 e. The lowest BCUT2D eigenvalue weighted by Gasteiger charge is -2.11. The normalized spacial score (nSPS) is 10.7. The predicted molar refractivity (Wildman–Crippen MR) is 133 cm³/mol. The molecule has 2 N–H and O–H groups in total. The van der Waals surface area contributed by atoms with E-state index in [1.807, 2.05) is 12.4 Å². The number of anilines is 2. The highest BCUT2D eigenvalue weighted by molar-refractivity contribution is 7.14. The molecule has 6 heteroatoms. The number of pyridine rings is 1. The number of amides is 1. The summed E-state index contributed by atoms with van der Waals surface area (Å²) in [4.78, 5) is 21.0. The van der Waals surface area contributed by atoms with E-state index >= 15 is 0 Å². The van der Waals surface area contributed by atoms with Crippen LogP contribution in [0.2, 0.25) is 0 Å². The van der Waals surface area contributed by atoms with E-state index in [4.69, 9.17) is 0 Å². The molecule has 2 heterocycles. The number of carbonyl (C=O) groups excluding carboxylic acids is 1. The largest absolute Gasteiger partial charge is 0.388 e. The molecule has 4 rings (SSSR count). The summed E-state index contributed by atoms with van der Waals surface area (Å²) in [7, 11) is 1.93. The first-order chi connectivity index (χ1) is 15.5. The molecule has 2 aromatic heterocycles. The molecule has 0 unspecified atom stereocenters. The average molecular weight is 443 g/mol. The van der Waals surface area contributed by atoms with Gasteiger partial charge in [0.1, 0.15) is 0 Å². The topological polar surface area (TPSA) is 66.9 Å². The first-order valence-electron chi connectivity index (χ1n) is 10.6. The van der Waals surface area contributed by atoms with Crippen LogP contribution in [-0.2, 0) is 12.8 Å². The molecular formula is C26H26N4OS. The van der Waals surface area contributed by atoms with Crippen molar-refractivity contribution in [1.29, 1.82) is 0 Å². The van der Waals surface area contributed by atoms with E-state index in [1.54, 1.807) is 24.5 Å². The van der Waals surface area contributed by atoms with Crippen molar-refractivity contribution in [3.05, 3.63) is 94.1 Å². The van der Waals surface area contributed by atoms with Crippen LogP contribution >= 0.6 is 11.3 Å². The van der Waals surface area contributed by atoms with Crippen molar-refractivity contribution < 1.29 is 4.79 Å². The number of hydrogen-bond acceptors (Lipinski definition) is 5. The summed E-state index contributed by atoms with van der Waals surface area (Å²) < 4.78 is 0. The molecule has 0 aliphatic carbocycles. The van der Waals surface area contributed by atoms with Gasteiger partial charge in [-0.05, 0) is 73.2 Å². The number of benzene rings is 2. The van der Waals surface area contributed by atoms with Gasteiger partial charge in [0.2, 0.25) is 0 Å². The molecule has 32 heavy (non-hydrogen) atoms. The van der Waals surface area contributed by atoms with Gasteiger partial charge < -0.3 is 5.32 Å². The van der Waals surface area contributed by atoms with Gasteiger partial charge in [0.05, 0.1) is 5.69 Å². The lowest BCUT2D eigenvalue weighted by molar-refractivity contribution is 0.102. The predicted octanol–water partition coefficient (Wildman–Crippen LogP) is 5.90. The molecule has 2 aromatic carbocycles. The quantitative estimate of drug-likeness (QED) is 0.374.